The highest BCUT2D eigenvalue weighted by Crippen LogP contribution is 2.18. The summed E-state index contributed by atoms with van der Waals surface area (Å²) in [5.74, 6) is 0. The third kappa shape index (κ3) is 2.79. The topological polar surface area (TPSA) is 73.8 Å². The molecule has 0 bridgehead atoms. The molecule has 0 amide bonds. The molecule has 3 N–H and O–H groups in total. The van der Waals surface area contributed by atoms with Gasteiger partial charge >= 0.3 is 0 Å². The number of aromatic amines is 1. The number of benzene rings is 1. The van der Waals surface area contributed by atoms with Crippen molar-refractivity contribution in [1.29, 1.82) is 0 Å². The van der Waals surface area contributed by atoms with E-state index in [-0.39, 0.29) is 12.6 Å². The number of aryl methyl sites for hydroxylation is 1. The molecule has 0 saturated heterocycles. The first-order valence-electron chi connectivity index (χ1n) is 6.96. The molecule has 3 rings (SSSR count). The first-order chi connectivity index (χ1) is 10.3. The highest BCUT2D eigenvalue weighted by molar-refractivity contribution is 5.80. The number of nitrogens with one attached hydrogen (secondary N) is 2. The van der Waals surface area contributed by atoms with Gasteiger partial charge in [0.1, 0.15) is 6.33 Å². The zero-order chi connectivity index (χ0) is 14.7. The van der Waals surface area contributed by atoms with E-state index in [4.69, 9.17) is 0 Å². The van der Waals surface area contributed by atoms with Gasteiger partial charge < -0.3 is 15.4 Å². The van der Waals surface area contributed by atoms with Gasteiger partial charge in [0.05, 0.1) is 29.4 Å². The van der Waals surface area contributed by atoms with Crippen molar-refractivity contribution in [3.8, 4) is 0 Å². The summed E-state index contributed by atoms with van der Waals surface area (Å²) in [7, 11) is 0. The van der Waals surface area contributed by atoms with Crippen LogP contribution in [-0.4, -0.2) is 26.7 Å². The summed E-state index contributed by atoms with van der Waals surface area (Å²) in [5, 5.41) is 12.9. The highest BCUT2D eigenvalue weighted by atomic mass is 16.3. The van der Waals surface area contributed by atoms with Crippen LogP contribution in [-0.2, 0) is 6.54 Å². The Hall–Kier alpha value is -2.24. The largest absolute Gasteiger partial charge is 0.394 e. The summed E-state index contributed by atoms with van der Waals surface area (Å²) in [4.78, 5) is 11.7. The summed E-state index contributed by atoms with van der Waals surface area (Å²) >= 11 is 0. The predicted molar refractivity (Wildman–Crippen MR) is 81.7 cm³/mol. The van der Waals surface area contributed by atoms with Crippen molar-refractivity contribution >= 4 is 11.0 Å². The van der Waals surface area contributed by atoms with Gasteiger partial charge in [-0.25, -0.2) is 9.97 Å². The van der Waals surface area contributed by atoms with Crippen LogP contribution in [0.25, 0.3) is 11.0 Å². The first kappa shape index (κ1) is 13.7. The van der Waals surface area contributed by atoms with Crippen molar-refractivity contribution in [3.63, 3.8) is 0 Å². The quantitative estimate of drug-likeness (QED) is 0.670. The van der Waals surface area contributed by atoms with Crippen molar-refractivity contribution in [2.45, 2.75) is 19.5 Å². The number of rotatable bonds is 5. The Balaban J connectivity index is 1.78. The lowest BCUT2D eigenvalue weighted by Crippen LogP contribution is -2.23. The predicted octanol–water partition coefficient (Wildman–Crippen LogP) is 2.09. The number of aliphatic hydroxyl groups excluding tert-OH is 1. The molecule has 0 unspecified atom stereocenters. The average molecular weight is 282 g/mol. The van der Waals surface area contributed by atoms with Crippen LogP contribution in [0.4, 0.5) is 0 Å². The van der Waals surface area contributed by atoms with E-state index in [1.165, 1.54) is 0 Å². The van der Waals surface area contributed by atoms with Crippen molar-refractivity contribution in [2.24, 2.45) is 0 Å². The molecule has 1 atom stereocenters. The van der Waals surface area contributed by atoms with E-state index in [0.29, 0.717) is 6.54 Å². The zero-order valence-corrected chi connectivity index (χ0v) is 11.9. The molecule has 3 aromatic rings. The average Bonchev–Trinajstić information content (AvgIpc) is 2.94. The second-order valence-corrected chi connectivity index (χ2v) is 5.02. The molecule has 21 heavy (non-hydrogen) atoms. The number of H-pyrrole nitrogens is 1. The van der Waals surface area contributed by atoms with Crippen LogP contribution in [0.3, 0.4) is 0 Å². The van der Waals surface area contributed by atoms with Crippen LogP contribution in [0, 0.1) is 6.92 Å². The molecule has 0 aliphatic heterocycles. The summed E-state index contributed by atoms with van der Waals surface area (Å²) in [6.45, 7) is 2.65. The fourth-order valence-electron chi connectivity index (χ4n) is 2.46. The molecule has 0 spiro atoms. The maximum Gasteiger partial charge on any atom is 0.116 e. The summed E-state index contributed by atoms with van der Waals surface area (Å²) in [6.07, 6.45) is 3.52. The number of aliphatic hydroxyl groups is 1. The smallest absolute Gasteiger partial charge is 0.116 e. The number of hydrogen-bond acceptors (Lipinski definition) is 4. The molecule has 5 nitrogen and oxygen atoms in total. The van der Waals surface area contributed by atoms with Crippen molar-refractivity contribution < 1.29 is 5.11 Å². The molecule has 108 valence electrons. The number of hydrogen-bond donors (Lipinski definition) is 3. The van der Waals surface area contributed by atoms with E-state index >= 15 is 0 Å². The van der Waals surface area contributed by atoms with Gasteiger partial charge in [-0.2, -0.15) is 0 Å². The Morgan fingerprint density at radius 1 is 1.24 bits per heavy atom. The third-order valence-corrected chi connectivity index (χ3v) is 3.66. The molecule has 0 saturated carbocycles. The Bertz CT molecular complexity index is 723. The number of aromatic nitrogens is 3. The molecule has 0 aliphatic rings. The number of nitrogens with zero attached hydrogens (tertiary/aromatic N) is 2. The maximum atomic E-state index is 9.57. The maximum absolute atomic E-state index is 9.57. The minimum absolute atomic E-state index is 0.0559. The molecule has 5 heteroatoms. The summed E-state index contributed by atoms with van der Waals surface area (Å²) < 4.78 is 0. The monoisotopic (exact) mass is 282 g/mol. The Morgan fingerprint density at radius 2 is 2.05 bits per heavy atom. The molecule has 0 fully saturated rings. The van der Waals surface area contributed by atoms with Gasteiger partial charge in [0, 0.05) is 18.3 Å². The van der Waals surface area contributed by atoms with Gasteiger partial charge in [-0.1, -0.05) is 30.3 Å². The lowest BCUT2D eigenvalue weighted by molar-refractivity contribution is 0.244. The van der Waals surface area contributed by atoms with Crippen LogP contribution < -0.4 is 5.32 Å². The Labute approximate surface area is 123 Å². The van der Waals surface area contributed by atoms with Gasteiger partial charge in [0.25, 0.3) is 0 Å². The van der Waals surface area contributed by atoms with Crippen molar-refractivity contribution in [3.05, 3.63) is 59.7 Å². The van der Waals surface area contributed by atoms with Crippen LogP contribution in [0.2, 0.25) is 0 Å². The molecule has 2 heterocycles. The van der Waals surface area contributed by atoms with Crippen LogP contribution in [0.5, 0.6) is 0 Å². The van der Waals surface area contributed by atoms with Gasteiger partial charge in [-0.15, -0.1) is 0 Å². The second kappa shape index (κ2) is 6.03. The van der Waals surface area contributed by atoms with E-state index in [2.05, 4.69) is 20.3 Å². The van der Waals surface area contributed by atoms with E-state index in [1.807, 2.05) is 43.5 Å². The summed E-state index contributed by atoms with van der Waals surface area (Å²) in [6, 6.07) is 9.85. The fourth-order valence-corrected chi connectivity index (χ4v) is 2.46. The van der Waals surface area contributed by atoms with E-state index in [0.717, 1.165) is 27.9 Å². The highest BCUT2D eigenvalue weighted by Gasteiger charge is 2.12. The van der Waals surface area contributed by atoms with Crippen LogP contribution in [0.15, 0.2) is 42.9 Å². The SMILES string of the molecule is Cc1ncnc2c(CN[C@H](CO)c3ccccc3)c[nH]c12. The van der Waals surface area contributed by atoms with Gasteiger partial charge in [-0.05, 0) is 12.5 Å². The molecular formula is C16H18N4O. The second-order valence-electron chi connectivity index (χ2n) is 5.02. The molecule has 0 radical (unpaired) electrons. The van der Waals surface area contributed by atoms with Crippen molar-refractivity contribution in [1.82, 2.24) is 20.3 Å². The molecular weight excluding hydrogens is 264 g/mol. The fraction of sp³-hybridized carbons (Fsp3) is 0.250. The first-order valence-corrected chi connectivity index (χ1v) is 6.96. The Morgan fingerprint density at radius 3 is 2.81 bits per heavy atom. The van der Waals surface area contributed by atoms with Crippen molar-refractivity contribution in [2.75, 3.05) is 6.61 Å². The minimum atomic E-state index is -0.0842. The van der Waals surface area contributed by atoms with E-state index in [1.54, 1.807) is 6.33 Å². The normalized spacial score (nSPS) is 12.7. The summed E-state index contributed by atoms with van der Waals surface area (Å²) in [5.41, 5.74) is 4.98. The minimum Gasteiger partial charge on any atom is -0.394 e. The Kier molecular flexibility index (Phi) is 3.94. The molecule has 0 aliphatic carbocycles. The van der Waals surface area contributed by atoms with E-state index in [9.17, 15) is 5.11 Å². The van der Waals surface area contributed by atoms with Gasteiger partial charge in [0.15, 0.2) is 0 Å². The van der Waals surface area contributed by atoms with Crippen LogP contribution in [0.1, 0.15) is 22.9 Å². The molecule has 2 aromatic heterocycles. The van der Waals surface area contributed by atoms with E-state index < -0.39 is 0 Å². The lowest BCUT2D eigenvalue weighted by atomic mass is 10.1. The third-order valence-electron chi connectivity index (χ3n) is 3.66. The number of fused-ring (bicyclic) bond motifs is 1. The van der Waals surface area contributed by atoms with Gasteiger partial charge in [0.2, 0.25) is 0 Å². The lowest BCUT2D eigenvalue weighted by Gasteiger charge is -2.16. The standard InChI is InChI=1S/C16H18N4O/c1-11-15-16(20-10-19-11)13(8-18-15)7-17-14(9-21)12-5-3-2-4-6-12/h2-6,8,10,14,17-18,21H,7,9H2,1H3/t14-/m1/s1. The van der Waals surface area contributed by atoms with Gasteiger partial charge in [-0.3, -0.25) is 0 Å². The van der Waals surface area contributed by atoms with Crippen LogP contribution >= 0.6 is 0 Å². The zero-order valence-electron chi connectivity index (χ0n) is 11.9. The molecule has 1 aromatic carbocycles.